The number of fused-ring (bicyclic) bond motifs is 4. The summed E-state index contributed by atoms with van der Waals surface area (Å²) in [6.45, 7) is 5.33. The Labute approximate surface area is 200 Å². The molecule has 0 radical (unpaired) electrons. The molecular formula is C26H36N6O2. The summed E-state index contributed by atoms with van der Waals surface area (Å²) in [5.41, 5.74) is 1.86. The van der Waals surface area contributed by atoms with Gasteiger partial charge in [0, 0.05) is 19.6 Å². The summed E-state index contributed by atoms with van der Waals surface area (Å²) in [5, 5.41) is 4.71. The van der Waals surface area contributed by atoms with Crippen molar-refractivity contribution < 1.29 is 4.74 Å². The Kier molecular flexibility index (Phi) is 7.25. The van der Waals surface area contributed by atoms with E-state index >= 15 is 0 Å². The first-order chi connectivity index (χ1) is 16.7. The maximum atomic E-state index is 12.5. The highest BCUT2D eigenvalue weighted by Crippen LogP contribution is 2.23. The van der Waals surface area contributed by atoms with Gasteiger partial charge in [-0.1, -0.05) is 18.6 Å². The second-order valence-corrected chi connectivity index (χ2v) is 9.72. The minimum absolute atomic E-state index is 0.129. The first-order valence-corrected chi connectivity index (χ1v) is 12.7. The molecule has 8 heteroatoms. The fourth-order valence-corrected chi connectivity index (χ4v) is 5.38. The molecule has 182 valence electrons. The normalized spacial score (nSPS) is 21.4. The molecule has 4 heterocycles. The molecule has 8 nitrogen and oxygen atoms in total. The number of piperidine rings is 1. The van der Waals surface area contributed by atoms with E-state index in [1.807, 2.05) is 13.1 Å². The van der Waals surface area contributed by atoms with Gasteiger partial charge in [0.05, 0.1) is 12.7 Å². The third kappa shape index (κ3) is 5.50. The van der Waals surface area contributed by atoms with E-state index in [-0.39, 0.29) is 5.56 Å². The van der Waals surface area contributed by atoms with Crippen LogP contribution in [0.15, 0.2) is 35.3 Å². The van der Waals surface area contributed by atoms with Gasteiger partial charge in [0.1, 0.15) is 23.6 Å². The van der Waals surface area contributed by atoms with Gasteiger partial charge in [0.25, 0.3) is 5.56 Å². The number of rotatable bonds is 2. The van der Waals surface area contributed by atoms with Crippen LogP contribution in [0.2, 0.25) is 0 Å². The molecule has 1 unspecified atom stereocenters. The minimum Gasteiger partial charge on any atom is -0.492 e. The lowest BCUT2D eigenvalue weighted by Crippen LogP contribution is -2.40. The molecule has 2 aromatic heterocycles. The van der Waals surface area contributed by atoms with E-state index in [4.69, 9.17) is 4.74 Å². The van der Waals surface area contributed by atoms with E-state index in [1.54, 1.807) is 10.9 Å². The smallest absolute Gasteiger partial charge is 0.262 e. The molecule has 3 aromatic rings. The van der Waals surface area contributed by atoms with Crippen molar-refractivity contribution in [2.45, 2.75) is 57.5 Å². The molecule has 1 N–H and O–H groups in total. The molecule has 2 aliphatic heterocycles. The maximum absolute atomic E-state index is 12.5. The highest BCUT2D eigenvalue weighted by molar-refractivity contribution is 5.72. The van der Waals surface area contributed by atoms with E-state index < -0.39 is 0 Å². The molecule has 0 aliphatic carbocycles. The highest BCUT2D eigenvalue weighted by atomic mass is 16.5. The first kappa shape index (κ1) is 23.1. The fraction of sp³-hybridized carbons (Fsp3) is 0.577. The number of ether oxygens (including phenoxy) is 1. The fourth-order valence-electron chi connectivity index (χ4n) is 5.38. The van der Waals surface area contributed by atoms with Crippen LogP contribution in [0.1, 0.15) is 49.9 Å². The molecule has 1 atom stereocenters. The van der Waals surface area contributed by atoms with Gasteiger partial charge in [-0.2, -0.15) is 5.10 Å². The Morgan fingerprint density at radius 1 is 1.09 bits per heavy atom. The Hall–Kier alpha value is -2.71. The van der Waals surface area contributed by atoms with Gasteiger partial charge >= 0.3 is 0 Å². The van der Waals surface area contributed by atoms with Gasteiger partial charge < -0.3 is 14.6 Å². The van der Waals surface area contributed by atoms with E-state index in [0.717, 1.165) is 31.7 Å². The lowest BCUT2D eigenvalue weighted by molar-refractivity contribution is 0.134. The van der Waals surface area contributed by atoms with Gasteiger partial charge in [-0.05, 0) is 75.9 Å². The first-order valence-electron chi connectivity index (χ1n) is 12.7. The van der Waals surface area contributed by atoms with Crippen LogP contribution in [0.5, 0.6) is 5.75 Å². The Bertz CT molecular complexity index is 1160. The second kappa shape index (κ2) is 10.7. The average Bonchev–Trinajstić information content (AvgIpc) is 3.21. The van der Waals surface area contributed by atoms with Crippen molar-refractivity contribution in [2.75, 3.05) is 32.8 Å². The van der Waals surface area contributed by atoms with Crippen molar-refractivity contribution in [3.63, 3.8) is 0 Å². The van der Waals surface area contributed by atoms with Crippen LogP contribution >= 0.6 is 0 Å². The summed E-state index contributed by atoms with van der Waals surface area (Å²) in [5.74, 6) is 1.62. The van der Waals surface area contributed by atoms with E-state index in [0.29, 0.717) is 36.1 Å². The zero-order chi connectivity index (χ0) is 23.3. The quantitative estimate of drug-likeness (QED) is 0.628. The lowest BCUT2D eigenvalue weighted by atomic mass is 9.95. The summed E-state index contributed by atoms with van der Waals surface area (Å²) in [6, 6.07) is 9.28. The number of nitrogens with one attached hydrogen (secondary N) is 1. The molecule has 2 bridgehead atoms. The topological polar surface area (TPSA) is 79.3 Å². The van der Waals surface area contributed by atoms with Crippen LogP contribution in [-0.4, -0.2) is 68.4 Å². The number of hydrogen-bond donors (Lipinski definition) is 1. The lowest BCUT2D eigenvalue weighted by Gasteiger charge is -2.36. The summed E-state index contributed by atoms with van der Waals surface area (Å²) in [6.07, 6.45) is 10.2. The Balaban J connectivity index is 1.32. The molecule has 5 rings (SSSR count). The second-order valence-electron chi connectivity index (χ2n) is 9.72. The van der Waals surface area contributed by atoms with Crippen LogP contribution in [0.3, 0.4) is 0 Å². The number of benzene rings is 1. The largest absolute Gasteiger partial charge is 0.492 e. The maximum Gasteiger partial charge on any atom is 0.262 e. The van der Waals surface area contributed by atoms with Gasteiger partial charge in [0.2, 0.25) is 0 Å². The molecule has 34 heavy (non-hydrogen) atoms. The summed E-state index contributed by atoms with van der Waals surface area (Å²) < 4.78 is 7.80. The van der Waals surface area contributed by atoms with Crippen molar-refractivity contribution in [3.05, 3.63) is 52.2 Å². The van der Waals surface area contributed by atoms with Crippen LogP contribution in [0, 0.1) is 0 Å². The zero-order valence-corrected chi connectivity index (χ0v) is 20.2. The zero-order valence-electron chi connectivity index (χ0n) is 20.2. The SMILES string of the molecule is Cn1ncc2c(=O)[nH]c(CN3CCCCN4CCCCC4CCc4cccc(c4)OCC3)nc21. The third-order valence-corrected chi connectivity index (χ3v) is 7.28. The summed E-state index contributed by atoms with van der Waals surface area (Å²) in [4.78, 5) is 25.2. The van der Waals surface area contributed by atoms with Crippen molar-refractivity contribution >= 4 is 11.0 Å². The van der Waals surface area contributed by atoms with E-state index in [1.165, 1.54) is 50.8 Å². The number of aryl methyl sites for hydroxylation is 2. The number of hydrogen-bond acceptors (Lipinski definition) is 6. The van der Waals surface area contributed by atoms with Crippen molar-refractivity contribution in [1.29, 1.82) is 0 Å². The van der Waals surface area contributed by atoms with Crippen molar-refractivity contribution in [2.24, 2.45) is 7.05 Å². The molecule has 1 saturated heterocycles. The van der Waals surface area contributed by atoms with Crippen LogP contribution in [-0.2, 0) is 20.0 Å². The van der Waals surface area contributed by atoms with Crippen molar-refractivity contribution in [1.82, 2.24) is 29.5 Å². The van der Waals surface area contributed by atoms with Crippen LogP contribution in [0.25, 0.3) is 11.0 Å². The average molecular weight is 465 g/mol. The standard InChI is InChI=1S/C26H36N6O2/c1-30-25-23(18-27-30)26(33)29-24(28-25)19-31-12-4-5-14-32-13-3-2-8-21(32)11-10-20-7-6-9-22(17-20)34-16-15-31/h6-7,9,17-18,21H,2-5,8,10-16,19H2,1H3,(H,28,29,33). The Morgan fingerprint density at radius 2 is 1.94 bits per heavy atom. The number of nitrogens with zero attached hydrogens (tertiary/aromatic N) is 5. The predicted octanol–water partition coefficient (Wildman–Crippen LogP) is 3.12. The molecule has 0 spiro atoms. The van der Waals surface area contributed by atoms with Gasteiger partial charge in [-0.25, -0.2) is 4.98 Å². The molecule has 0 saturated carbocycles. The van der Waals surface area contributed by atoms with E-state index in [9.17, 15) is 4.79 Å². The predicted molar refractivity (Wildman–Crippen MR) is 133 cm³/mol. The Morgan fingerprint density at radius 3 is 2.85 bits per heavy atom. The van der Waals surface area contributed by atoms with E-state index in [2.05, 4.69) is 43.1 Å². The summed E-state index contributed by atoms with van der Waals surface area (Å²) >= 11 is 0. The number of aromatic nitrogens is 4. The van der Waals surface area contributed by atoms with Gasteiger partial charge in [-0.3, -0.25) is 14.4 Å². The van der Waals surface area contributed by atoms with Gasteiger partial charge in [0.15, 0.2) is 5.65 Å². The molecular weight excluding hydrogens is 428 g/mol. The monoisotopic (exact) mass is 464 g/mol. The molecule has 1 aromatic carbocycles. The minimum atomic E-state index is -0.129. The van der Waals surface area contributed by atoms with Crippen LogP contribution in [0.4, 0.5) is 0 Å². The third-order valence-electron chi connectivity index (χ3n) is 7.28. The molecule has 1 fully saturated rings. The van der Waals surface area contributed by atoms with Crippen LogP contribution < -0.4 is 10.3 Å². The summed E-state index contributed by atoms with van der Waals surface area (Å²) in [7, 11) is 1.82. The number of H-pyrrole nitrogens is 1. The molecule has 0 amide bonds. The molecule has 2 aliphatic rings. The number of aromatic amines is 1. The highest BCUT2D eigenvalue weighted by Gasteiger charge is 2.22. The van der Waals surface area contributed by atoms with Gasteiger partial charge in [-0.15, -0.1) is 0 Å². The van der Waals surface area contributed by atoms with Crippen molar-refractivity contribution in [3.8, 4) is 5.75 Å².